The van der Waals surface area contributed by atoms with E-state index < -0.39 is 9.84 Å². The van der Waals surface area contributed by atoms with Crippen molar-refractivity contribution in [2.45, 2.75) is 24.6 Å². The molecule has 0 aliphatic carbocycles. The monoisotopic (exact) mass is 221 g/mol. The molecule has 0 spiro atoms. The third kappa shape index (κ3) is 2.68. The van der Waals surface area contributed by atoms with Crippen LogP contribution in [-0.4, -0.2) is 46.2 Å². The highest BCUT2D eigenvalue weighted by atomic mass is 32.2. The lowest BCUT2D eigenvalue weighted by molar-refractivity contribution is 0.177. The highest BCUT2D eigenvalue weighted by Gasteiger charge is 2.33. The molecule has 0 aromatic carbocycles. The molecule has 3 atom stereocenters. The first-order chi connectivity index (χ1) is 6.46. The molecule has 5 heteroatoms. The molecule has 1 aliphatic rings. The first-order valence-electron chi connectivity index (χ1n) is 4.90. The zero-order valence-corrected chi connectivity index (χ0v) is 9.80. The molecule has 1 rings (SSSR count). The van der Waals surface area contributed by atoms with Crippen LogP contribution in [0.4, 0.5) is 0 Å². The van der Waals surface area contributed by atoms with Crippen LogP contribution in [0.2, 0.25) is 0 Å². The number of nitrogens with one attached hydrogen (secondary N) is 1. The number of hydrogen-bond donors (Lipinski definition) is 1. The van der Waals surface area contributed by atoms with Gasteiger partial charge >= 0.3 is 0 Å². The number of hydrogen-bond acceptors (Lipinski definition) is 4. The maximum atomic E-state index is 11.4. The topological polar surface area (TPSA) is 55.4 Å². The molecule has 0 aromatic heterocycles. The van der Waals surface area contributed by atoms with Gasteiger partial charge in [0.25, 0.3) is 0 Å². The van der Waals surface area contributed by atoms with Gasteiger partial charge in [-0.25, -0.2) is 8.42 Å². The van der Waals surface area contributed by atoms with Crippen LogP contribution in [0.3, 0.4) is 0 Å². The van der Waals surface area contributed by atoms with Gasteiger partial charge in [-0.1, -0.05) is 0 Å². The summed E-state index contributed by atoms with van der Waals surface area (Å²) in [4.78, 5) is 0. The second-order valence-corrected chi connectivity index (χ2v) is 6.38. The molecule has 0 radical (unpaired) electrons. The van der Waals surface area contributed by atoms with E-state index in [4.69, 9.17) is 4.74 Å². The van der Waals surface area contributed by atoms with E-state index in [1.54, 1.807) is 6.92 Å². The first kappa shape index (κ1) is 11.9. The fraction of sp³-hybridized carbons (Fsp3) is 1.00. The van der Waals surface area contributed by atoms with Crippen LogP contribution in [0.1, 0.15) is 13.3 Å². The molecule has 0 bridgehead atoms. The van der Waals surface area contributed by atoms with Gasteiger partial charge < -0.3 is 10.1 Å². The van der Waals surface area contributed by atoms with Crippen molar-refractivity contribution < 1.29 is 13.2 Å². The Balaban J connectivity index is 2.70. The van der Waals surface area contributed by atoms with Gasteiger partial charge in [0.05, 0.1) is 11.9 Å². The summed E-state index contributed by atoms with van der Waals surface area (Å²) >= 11 is 0. The van der Waals surface area contributed by atoms with Crippen molar-refractivity contribution in [3.8, 4) is 0 Å². The molecule has 3 unspecified atom stereocenters. The van der Waals surface area contributed by atoms with Crippen LogP contribution in [0.5, 0.6) is 0 Å². The van der Waals surface area contributed by atoms with Crippen LogP contribution >= 0.6 is 0 Å². The van der Waals surface area contributed by atoms with Crippen molar-refractivity contribution in [1.82, 2.24) is 5.32 Å². The smallest absolute Gasteiger partial charge is 0.151 e. The summed E-state index contributed by atoms with van der Waals surface area (Å²) in [5.41, 5.74) is 0. The summed E-state index contributed by atoms with van der Waals surface area (Å²) in [5, 5.41) is 2.74. The largest absolute Gasteiger partial charge is 0.381 e. The maximum absolute atomic E-state index is 11.4. The van der Waals surface area contributed by atoms with E-state index in [2.05, 4.69) is 5.32 Å². The highest BCUT2D eigenvalue weighted by molar-refractivity contribution is 7.91. The Labute approximate surface area is 85.9 Å². The second kappa shape index (κ2) is 4.59. The van der Waals surface area contributed by atoms with E-state index >= 15 is 0 Å². The minimum Gasteiger partial charge on any atom is -0.381 e. The first-order valence-corrected chi connectivity index (χ1v) is 6.86. The van der Waals surface area contributed by atoms with Crippen LogP contribution < -0.4 is 5.32 Å². The average molecular weight is 221 g/mol. The molecule has 84 valence electrons. The van der Waals surface area contributed by atoms with Crippen molar-refractivity contribution in [3.05, 3.63) is 0 Å². The SMILES string of the molecule is CNC(C1CCOC1)C(C)S(C)(=O)=O. The number of sulfone groups is 1. The summed E-state index contributed by atoms with van der Waals surface area (Å²) in [7, 11) is -1.16. The van der Waals surface area contributed by atoms with Gasteiger partial charge in [-0.15, -0.1) is 0 Å². The molecule has 1 aliphatic heterocycles. The minimum absolute atomic E-state index is 0.00694. The summed E-state index contributed by atoms with van der Waals surface area (Å²) in [5.74, 6) is 0.324. The Morgan fingerprint density at radius 3 is 2.50 bits per heavy atom. The quantitative estimate of drug-likeness (QED) is 0.728. The van der Waals surface area contributed by atoms with Crippen molar-refractivity contribution >= 4 is 9.84 Å². The van der Waals surface area contributed by atoms with E-state index in [-0.39, 0.29) is 11.3 Å². The number of ether oxygens (including phenoxy) is 1. The van der Waals surface area contributed by atoms with Gasteiger partial charge in [-0.05, 0) is 20.4 Å². The van der Waals surface area contributed by atoms with Gasteiger partial charge in [0, 0.05) is 24.8 Å². The van der Waals surface area contributed by atoms with Crippen molar-refractivity contribution in [3.63, 3.8) is 0 Å². The van der Waals surface area contributed by atoms with Crippen LogP contribution in [0, 0.1) is 5.92 Å². The summed E-state index contributed by atoms with van der Waals surface area (Å²) in [6, 6.07) is 0.00694. The molecule has 0 saturated carbocycles. The Morgan fingerprint density at radius 2 is 2.14 bits per heavy atom. The van der Waals surface area contributed by atoms with Crippen molar-refractivity contribution in [2.24, 2.45) is 5.92 Å². The predicted molar refractivity (Wildman–Crippen MR) is 56.1 cm³/mol. The Bertz CT molecular complexity index is 270. The third-order valence-corrected chi connectivity index (χ3v) is 4.63. The lowest BCUT2D eigenvalue weighted by atomic mass is 9.97. The van der Waals surface area contributed by atoms with Crippen molar-refractivity contribution in [1.29, 1.82) is 0 Å². The molecule has 0 aromatic rings. The van der Waals surface area contributed by atoms with E-state index in [9.17, 15) is 8.42 Å². The average Bonchev–Trinajstić information content (AvgIpc) is 2.57. The fourth-order valence-electron chi connectivity index (χ4n) is 1.96. The van der Waals surface area contributed by atoms with Gasteiger partial charge in [0.2, 0.25) is 0 Å². The van der Waals surface area contributed by atoms with Crippen molar-refractivity contribution in [2.75, 3.05) is 26.5 Å². The maximum Gasteiger partial charge on any atom is 0.151 e. The molecule has 4 nitrogen and oxygen atoms in total. The minimum atomic E-state index is -2.97. The van der Waals surface area contributed by atoms with E-state index in [1.165, 1.54) is 6.26 Å². The van der Waals surface area contributed by atoms with Gasteiger partial charge in [-0.3, -0.25) is 0 Å². The van der Waals surface area contributed by atoms with E-state index in [0.717, 1.165) is 13.0 Å². The molecule has 1 fully saturated rings. The van der Waals surface area contributed by atoms with E-state index in [0.29, 0.717) is 12.5 Å². The lowest BCUT2D eigenvalue weighted by Gasteiger charge is -2.26. The molecular formula is C9H19NO3S. The summed E-state index contributed by atoms with van der Waals surface area (Å²) < 4.78 is 28.1. The van der Waals surface area contributed by atoms with Crippen LogP contribution in [-0.2, 0) is 14.6 Å². The third-order valence-electron chi connectivity index (χ3n) is 2.99. The zero-order chi connectivity index (χ0) is 10.8. The molecule has 14 heavy (non-hydrogen) atoms. The standard InChI is InChI=1S/C9H19NO3S/c1-7(14(3,11)12)9(10-2)8-4-5-13-6-8/h7-10H,4-6H2,1-3H3. The van der Waals surface area contributed by atoms with E-state index in [1.807, 2.05) is 7.05 Å². The molecular weight excluding hydrogens is 202 g/mol. The van der Waals surface area contributed by atoms with Crippen LogP contribution in [0.15, 0.2) is 0 Å². The predicted octanol–water partition coefficient (Wildman–Crippen LogP) is 0.0440. The fourth-order valence-corrected chi connectivity index (χ4v) is 2.85. The second-order valence-electron chi connectivity index (χ2n) is 3.97. The van der Waals surface area contributed by atoms with Gasteiger partial charge in [-0.2, -0.15) is 0 Å². The number of rotatable bonds is 4. The highest BCUT2D eigenvalue weighted by Crippen LogP contribution is 2.21. The summed E-state index contributed by atoms with van der Waals surface area (Å²) in [6.07, 6.45) is 2.24. The molecule has 1 N–H and O–H groups in total. The lowest BCUT2D eigenvalue weighted by Crippen LogP contribution is -2.46. The van der Waals surface area contributed by atoms with Gasteiger partial charge in [0.1, 0.15) is 0 Å². The van der Waals surface area contributed by atoms with Crippen LogP contribution in [0.25, 0.3) is 0 Å². The van der Waals surface area contributed by atoms with Gasteiger partial charge in [0.15, 0.2) is 9.84 Å². The Morgan fingerprint density at radius 1 is 1.50 bits per heavy atom. The zero-order valence-electron chi connectivity index (χ0n) is 8.99. The Kier molecular flexibility index (Phi) is 3.92. The normalized spacial score (nSPS) is 27.5. The summed E-state index contributed by atoms with van der Waals surface area (Å²) in [6.45, 7) is 3.18. The molecule has 1 heterocycles. The Hall–Kier alpha value is -0.130. The molecule has 0 amide bonds. The molecule has 1 saturated heterocycles.